The number of hydrogen-bond donors (Lipinski definition) is 3. The summed E-state index contributed by atoms with van der Waals surface area (Å²) in [5.41, 5.74) is 0.442. The van der Waals surface area contributed by atoms with E-state index in [-0.39, 0.29) is 30.8 Å². The van der Waals surface area contributed by atoms with Crippen molar-refractivity contribution in [1.82, 2.24) is 9.88 Å². The van der Waals surface area contributed by atoms with Gasteiger partial charge in [-0.1, -0.05) is 11.6 Å². The van der Waals surface area contributed by atoms with Gasteiger partial charge in [-0.2, -0.15) is 0 Å². The summed E-state index contributed by atoms with van der Waals surface area (Å²) < 4.78 is 0. The molecule has 0 unspecified atom stereocenters. The van der Waals surface area contributed by atoms with Crippen molar-refractivity contribution in [2.45, 2.75) is 0 Å². The number of aliphatic hydroxyl groups is 2. The summed E-state index contributed by atoms with van der Waals surface area (Å²) in [7, 11) is 0. The summed E-state index contributed by atoms with van der Waals surface area (Å²) >= 11 is 5.81. The van der Waals surface area contributed by atoms with Crippen molar-refractivity contribution in [3.05, 3.63) is 23.5 Å². The first-order valence-corrected chi connectivity index (χ1v) is 5.89. The Bertz CT molecular complexity index is 384. The molecule has 0 spiro atoms. The highest BCUT2D eigenvalue weighted by molar-refractivity contribution is 6.32. The van der Waals surface area contributed by atoms with Crippen LogP contribution in [0, 0.1) is 0 Å². The van der Waals surface area contributed by atoms with Crippen LogP contribution in [-0.4, -0.2) is 58.9 Å². The monoisotopic (exact) mass is 273 g/mol. The summed E-state index contributed by atoms with van der Waals surface area (Å²) in [6.45, 7) is 0.595. The van der Waals surface area contributed by atoms with Crippen LogP contribution in [0.2, 0.25) is 5.15 Å². The summed E-state index contributed by atoms with van der Waals surface area (Å²) in [6, 6.07) is 3.32. The Balaban J connectivity index is 2.52. The molecule has 0 saturated carbocycles. The third kappa shape index (κ3) is 4.97. The lowest BCUT2D eigenvalue weighted by Gasteiger charge is -2.19. The average Bonchev–Trinajstić information content (AvgIpc) is 2.33. The Labute approximate surface area is 110 Å². The van der Waals surface area contributed by atoms with Crippen LogP contribution < -0.4 is 5.32 Å². The third-order valence-electron chi connectivity index (χ3n) is 2.23. The molecule has 1 rings (SSSR count). The molecule has 1 heterocycles. The number of pyridine rings is 1. The molecule has 3 N–H and O–H groups in total. The second-order valence-electron chi connectivity index (χ2n) is 3.61. The molecule has 18 heavy (non-hydrogen) atoms. The van der Waals surface area contributed by atoms with Gasteiger partial charge in [0.2, 0.25) is 5.91 Å². The van der Waals surface area contributed by atoms with Crippen LogP contribution in [0.25, 0.3) is 0 Å². The van der Waals surface area contributed by atoms with E-state index < -0.39 is 0 Å². The molecule has 1 amide bonds. The summed E-state index contributed by atoms with van der Waals surface area (Å²) in [5.74, 6) is -0.271. The minimum atomic E-state index is -0.271. The molecular formula is C11H16ClN3O3. The number of carbonyl (C=O) groups is 1. The normalized spacial score (nSPS) is 10.7. The SMILES string of the molecule is O=C(CN(CCO)CCO)Nc1cccnc1Cl. The fourth-order valence-corrected chi connectivity index (χ4v) is 1.59. The average molecular weight is 274 g/mol. The molecule has 0 atom stereocenters. The zero-order valence-corrected chi connectivity index (χ0v) is 10.6. The zero-order chi connectivity index (χ0) is 13.4. The lowest BCUT2D eigenvalue weighted by Crippen LogP contribution is -2.37. The second-order valence-corrected chi connectivity index (χ2v) is 3.97. The van der Waals surface area contributed by atoms with Gasteiger partial charge in [0, 0.05) is 19.3 Å². The Hall–Kier alpha value is -1.21. The largest absolute Gasteiger partial charge is 0.395 e. The number of rotatable bonds is 7. The Morgan fingerprint density at radius 1 is 1.39 bits per heavy atom. The van der Waals surface area contributed by atoms with Crippen LogP contribution in [-0.2, 0) is 4.79 Å². The summed E-state index contributed by atoms with van der Waals surface area (Å²) in [4.78, 5) is 17.2. The van der Waals surface area contributed by atoms with Gasteiger partial charge in [-0.25, -0.2) is 4.98 Å². The zero-order valence-electron chi connectivity index (χ0n) is 9.84. The molecule has 0 aromatic carbocycles. The maximum atomic E-state index is 11.7. The number of halogens is 1. The van der Waals surface area contributed by atoms with Gasteiger partial charge in [-0.3, -0.25) is 9.69 Å². The van der Waals surface area contributed by atoms with E-state index in [9.17, 15) is 4.79 Å². The highest BCUT2D eigenvalue weighted by atomic mass is 35.5. The molecule has 7 heteroatoms. The van der Waals surface area contributed by atoms with Crippen molar-refractivity contribution in [1.29, 1.82) is 0 Å². The van der Waals surface area contributed by atoms with E-state index in [0.717, 1.165) is 0 Å². The van der Waals surface area contributed by atoms with E-state index in [4.69, 9.17) is 21.8 Å². The maximum Gasteiger partial charge on any atom is 0.238 e. The first-order valence-electron chi connectivity index (χ1n) is 5.51. The van der Waals surface area contributed by atoms with Crippen LogP contribution in [0.15, 0.2) is 18.3 Å². The smallest absolute Gasteiger partial charge is 0.238 e. The number of amides is 1. The van der Waals surface area contributed by atoms with Gasteiger partial charge in [-0.05, 0) is 12.1 Å². The molecule has 6 nitrogen and oxygen atoms in total. The quantitative estimate of drug-likeness (QED) is 0.607. The van der Waals surface area contributed by atoms with E-state index in [1.807, 2.05) is 0 Å². The van der Waals surface area contributed by atoms with E-state index >= 15 is 0 Å². The number of anilines is 1. The molecule has 1 aromatic rings. The molecule has 0 radical (unpaired) electrons. The van der Waals surface area contributed by atoms with Crippen LogP contribution in [0.1, 0.15) is 0 Å². The number of nitrogens with one attached hydrogen (secondary N) is 1. The van der Waals surface area contributed by atoms with Crippen molar-refractivity contribution >= 4 is 23.2 Å². The number of hydrogen-bond acceptors (Lipinski definition) is 5. The first kappa shape index (κ1) is 14.8. The summed E-state index contributed by atoms with van der Waals surface area (Å²) in [6.07, 6.45) is 1.53. The molecule has 0 bridgehead atoms. The van der Waals surface area contributed by atoms with Crippen LogP contribution in [0.3, 0.4) is 0 Å². The van der Waals surface area contributed by atoms with E-state index in [2.05, 4.69) is 10.3 Å². The van der Waals surface area contributed by atoms with Crippen molar-refractivity contribution in [3.63, 3.8) is 0 Å². The Morgan fingerprint density at radius 2 is 2.06 bits per heavy atom. The van der Waals surface area contributed by atoms with Gasteiger partial charge < -0.3 is 15.5 Å². The Morgan fingerprint density at radius 3 is 2.61 bits per heavy atom. The van der Waals surface area contributed by atoms with Gasteiger partial charge >= 0.3 is 0 Å². The first-order chi connectivity index (χ1) is 8.67. The number of nitrogens with zero attached hydrogens (tertiary/aromatic N) is 2. The van der Waals surface area contributed by atoms with Gasteiger partial charge in [0.15, 0.2) is 5.15 Å². The highest BCUT2D eigenvalue weighted by Crippen LogP contribution is 2.17. The van der Waals surface area contributed by atoms with Gasteiger partial charge in [0.05, 0.1) is 25.4 Å². The molecule has 1 aromatic heterocycles. The lowest BCUT2D eigenvalue weighted by atomic mass is 10.4. The van der Waals surface area contributed by atoms with E-state index in [1.54, 1.807) is 17.0 Å². The summed E-state index contributed by atoms with van der Waals surface area (Å²) in [5, 5.41) is 20.5. The van der Waals surface area contributed by atoms with Gasteiger partial charge in [0.25, 0.3) is 0 Å². The molecule has 0 aliphatic rings. The maximum absolute atomic E-state index is 11.7. The fraction of sp³-hybridized carbons (Fsp3) is 0.455. The number of aliphatic hydroxyl groups excluding tert-OH is 2. The Kier molecular flexibility index (Phi) is 6.59. The lowest BCUT2D eigenvalue weighted by molar-refractivity contribution is -0.117. The van der Waals surface area contributed by atoms with Crippen LogP contribution in [0.5, 0.6) is 0 Å². The third-order valence-corrected chi connectivity index (χ3v) is 2.53. The number of aromatic nitrogens is 1. The van der Waals surface area contributed by atoms with Crippen molar-refractivity contribution in [2.75, 3.05) is 38.2 Å². The predicted molar refractivity (Wildman–Crippen MR) is 68.5 cm³/mol. The van der Waals surface area contributed by atoms with Gasteiger partial charge in [-0.15, -0.1) is 0 Å². The topological polar surface area (TPSA) is 85.7 Å². The minimum absolute atomic E-state index is 0.0685. The standard InChI is InChI=1S/C11H16ClN3O3/c12-11-9(2-1-3-13-11)14-10(18)8-15(4-6-16)5-7-17/h1-3,16-17H,4-8H2,(H,14,18). The fourth-order valence-electron chi connectivity index (χ4n) is 1.42. The van der Waals surface area contributed by atoms with Gasteiger partial charge in [0.1, 0.15) is 0 Å². The van der Waals surface area contributed by atoms with Crippen LogP contribution in [0.4, 0.5) is 5.69 Å². The van der Waals surface area contributed by atoms with Crippen molar-refractivity contribution in [3.8, 4) is 0 Å². The minimum Gasteiger partial charge on any atom is -0.395 e. The van der Waals surface area contributed by atoms with Crippen molar-refractivity contribution in [2.24, 2.45) is 0 Å². The molecule has 0 aliphatic carbocycles. The number of carbonyl (C=O) groups excluding carboxylic acids is 1. The molecular weight excluding hydrogens is 258 g/mol. The molecule has 0 saturated heterocycles. The molecule has 100 valence electrons. The molecule has 0 aliphatic heterocycles. The second kappa shape index (κ2) is 7.99. The van der Waals surface area contributed by atoms with E-state index in [1.165, 1.54) is 6.20 Å². The van der Waals surface area contributed by atoms with E-state index in [0.29, 0.717) is 18.8 Å². The van der Waals surface area contributed by atoms with Crippen LogP contribution >= 0.6 is 11.6 Å². The van der Waals surface area contributed by atoms with Crippen molar-refractivity contribution < 1.29 is 15.0 Å². The predicted octanol–water partition coefficient (Wildman–Crippen LogP) is -0.0399. The molecule has 0 fully saturated rings. The highest BCUT2D eigenvalue weighted by Gasteiger charge is 2.11.